The van der Waals surface area contributed by atoms with E-state index in [4.69, 9.17) is 11.6 Å². The molecule has 9 heteroatoms. The van der Waals surface area contributed by atoms with Gasteiger partial charge in [0.1, 0.15) is 0 Å². The van der Waals surface area contributed by atoms with E-state index in [1.807, 2.05) is 42.5 Å². The number of hydrogen-bond donors (Lipinski definition) is 1. The van der Waals surface area contributed by atoms with Crippen LogP contribution in [0.15, 0.2) is 70.9 Å². The first kappa shape index (κ1) is 22.0. The zero-order chi connectivity index (χ0) is 22.5. The molecule has 0 aliphatic rings. The van der Waals surface area contributed by atoms with Gasteiger partial charge in [-0.05, 0) is 35.7 Å². The molecule has 2 aromatic heterocycles. The van der Waals surface area contributed by atoms with Gasteiger partial charge in [-0.3, -0.25) is 14.2 Å². The molecule has 0 saturated carbocycles. The van der Waals surface area contributed by atoms with Crippen LogP contribution >= 0.6 is 23.4 Å². The van der Waals surface area contributed by atoms with Crippen molar-refractivity contribution < 1.29 is 4.79 Å². The standard InChI is InChI=1S/C23H20ClN5O2S/c1-2-15-7-9-17(10-8-15)27-19(30)14-32-23-28-21-20(25-11-12-26-21)22(31)29(23)13-16-5-3-4-6-18(16)24/h3-12H,2,13-14H2,1H3,(H,27,30). The first-order valence-electron chi connectivity index (χ1n) is 10.0. The molecule has 0 bridgehead atoms. The van der Waals surface area contributed by atoms with Crippen LogP contribution in [0.3, 0.4) is 0 Å². The Balaban J connectivity index is 1.59. The Bertz CT molecular complexity index is 1320. The molecule has 2 aromatic carbocycles. The first-order valence-corrected chi connectivity index (χ1v) is 11.4. The maximum absolute atomic E-state index is 13.1. The van der Waals surface area contributed by atoms with Crippen LogP contribution in [-0.4, -0.2) is 31.2 Å². The normalized spacial score (nSPS) is 10.9. The number of aromatic nitrogens is 4. The van der Waals surface area contributed by atoms with Crippen molar-refractivity contribution in [1.82, 2.24) is 19.5 Å². The quantitative estimate of drug-likeness (QED) is 0.325. The number of rotatable bonds is 7. The molecule has 32 heavy (non-hydrogen) atoms. The highest BCUT2D eigenvalue weighted by molar-refractivity contribution is 7.99. The lowest BCUT2D eigenvalue weighted by molar-refractivity contribution is -0.113. The van der Waals surface area contributed by atoms with E-state index in [0.29, 0.717) is 10.2 Å². The maximum Gasteiger partial charge on any atom is 0.282 e. The molecule has 4 rings (SSSR count). The monoisotopic (exact) mass is 465 g/mol. The number of fused-ring (bicyclic) bond motifs is 1. The zero-order valence-electron chi connectivity index (χ0n) is 17.3. The van der Waals surface area contributed by atoms with Gasteiger partial charge in [0.2, 0.25) is 5.91 Å². The summed E-state index contributed by atoms with van der Waals surface area (Å²) in [5.74, 6) is -0.118. The fourth-order valence-electron chi connectivity index (χ4n) is 3.13. The van der Waals surface area contributed by atoms with Crippen molar-refractivity contribution >= 4 is 46.1 Å². The zero-order valence-corrected chi connectivity index (χ0v) is 18.9. The largest absolute Gasteiger partial charge is 0.325 e. The summed E-state index contributed by atoms with van der Waals surface area (Å²) < 4.78 is 1.48. The Hall–Kier alpha value is -3.23. The topological polar surface area (TPSA) is 89.8 Å². The summed E-state index contributed by atoms with van der Waals surface area (Å²) in [6.07, 6.45) is 3.87. The number of anilines is 1. The molecule has 2 heterocycles. The molecule has 0 atom stereocenters. The van der Waals surface area contributed by atoms with Gasteiger partial charge in [-0.15, -0.1) is 0 Å². The third kappa shape index (κ3) is 4.98. The van der Waals surface area contributed by atoms with Crippen LogP contribution in [0, 0.1) is 0 Å². The SMILES string of the molecule is CCc1ccc(NC(=O)CSc2nc3nccnc3c(=O)n2Cc2ccccc2Cl)cc1. The van der Waals surface area contributed by atoms with Crippen LogP contribution in [0.2, 0.25) is 5.02 Å². The highest BCUT2D eigenvalue weighted by Gasteiger charge is 2.16. The average molecular weight is 466 g/mol. The third-order valence-electron chi connectivity index (χ3n) is 4.82. The molecular formula is C23H20ClN5O2S. The Kier molecular flexibility index (Phi) is 6.82. The summed E-state index contributed by atoms with van der Waals surface area (Å²) in [5.41, 5.74) is 2.76. The van der Waals surface area contributed by atoms with Gasteiger partial charge < -0.3 is 5.32 Å². The Labute approximate surface area is 193 Å². The predicted octanol–water partition coefficient (Wildman–Crippen LogP) is 4.18. The summed E-state index contributed by atoms with van der Waals surface area (Å²) in [6.45, 7) is 2.29. The lowest BCUT2D eigenvalue weighted by Gasteiger charge is -2.13. The van der Waals surface area contributed by atoms with Crippen molar-refractivity contribution in [2.24, 2.45) is 0 Å². The number of nitrogens with zero attached hydrogens (tertiary/aromatic N) is 4. The average Bonchev–Trinajstić information content (AvgIpc) is 2.81. The van der Waals surface area contributed by atoms with Crippen molar-refractivity contribution in [2.45, 2.75) is 25.0 Å². The second-order valence-corrected chi connectivity index (χ2v) is 8.34. The lowest BCUT2D eigenvalue weighted by atomic mass is 10.1. The Morgan fingerprint density at radius 2 is 1.84 bits per heavy atom. The predicted molar refractivity (Wildman–Crippen MR) is 127 cm³/mol. The smallest absolute Gasteiger partial charge is 0.282 e. The van der Waals surface area contributed by atoms with Crippen molar-refractivity contribution in [1.29, 1.82) is 0 Å². The molecule has 0 fully saturated rings. The Morgan fingerprint density at radius 3 is 2.59 bits per heavy atom. The minimum atomic E-state index is -0.332. The molecular weight excluding hydrogens is 446 g/mol. The number of amides is 1. The van der Waals surface area contributed by atoms with Crippen molar-refractivity contribution in [2.75, 3.05) is 11.1 Å². The number of hydrogen-bond acceptors (Lipinski definition) is 6. The van der Waals surface area contributed by atoms with E-state index in [-0.39, 0.29) is 34.9 Å². The van der Waals surface area contributed by atoms with Crippen LogP contribution in [-0.2, 0) is 17.8 Å². The van der Waals surface area contributed by atoms with Crippen LogP contribution in [0.1, 0.15) is 18.1 Å². The van der Waals surface area contributed by atoms with Crippen LogP contribution in [0.25, 0.3) is 11.2 Å². The fourth-order valence-corrected chi connectivity index (χ4v) is 4.11. The van der Waals surface area contributed by atoms with Gasteiger partial charge in [0, 0.05) is 23.1 Å². The Morgan fingerprint density at radius 1 is 1.09 bits per heavy atom. The fraction of sp³-hybridized carbons (Fsp3) is 0.174. The molecule has 162 valence electrons. The molecule has 0 aliphatic carbocycles. The molecule has 0 unspecified atom stereocenters. The molecule has 7 nitrogen and oxygen atoms in total. The summed E-state index contributed by atoms with van der Waals surface area (Å²) in [7, 11) is 0. The maximum atomic E-state index is 13.1. The highest BCUT2D eigenvalue weighted by Crippen LogP contribution is 2.21. The molecule has 0 saturated heterocycles. The minimum absolute atomic E-state index is 0.0796. The summed E-state index contributed by atoms with van der Waals surface area (Å²) in [4.78, 5) is 38.4. The van der Waals surface area contributed by atoms with Gasteiger partial charge in [-0.1, -0.05) is 60.6 Å². The van der Waals surface area contributed by atoms with E-state index >= 15 is 0 Å². The van der Waals surface area contributed by atoms with Crippen LogP contribution in [0.5, 0.6) is 0 Å². The second-order valence-electron chi connectivity index (χ2n) is 6.99. The van der Waals surface area contributed by atoms with Gasteiger partial charge in [0.25, 0.3) is 5.56 Å². The van der Waals surface area contributed by atoms with Gasteiger partial charge in [-0.2, -0.15) is 0 Å². The number of nitrogens with one attached hydrogen (secondary N) is 1. The second kappa shape index (κ2) is 9.93. The van der Waals surface area contributed by atoms with Gasteiger partial charge >= 0.3 is 0 Å². The number of thioether (sulfide) groups is 1. The third-order valence-corrected chi connectivity index (χ3v) is 6.17. The number of aryl methyl sites for hydroxylation is 1. The van der Waals surface area contributed by atoms with E-state index in [1.54, 1.807) is 6.07 Å². The van der Waals surface area contributed by atoms with E-state index in [2.05, 4.69) is 27.2 Å². The molecule has 0 aliphatic heterocycles. The molecule has 1 N–H and O–H groups in total. The summed E-state index contributed by atoms with van der Waals surface area (Å²) in [5, 5.41) is 3.79. The minimum Gasteiger partial charge on any atom is -0.325 e. The van der Waals surface area contributed by atoms with E-state index < -0.39 is 0 Å². The number of halogens is 1. The molecule has 0 radical (unpaired) electrons. The first-order chi connectivity index (χ1) is 15.5. The van der Waals surface area contributed by atoms with E-state index in [0.717, 1.165) is 17.7 Å². The van der Waals surface area contributed by atoms with Crippen LogP contribution in [0.4, 0.5) is 5.69 Å². The van der Waals surface area contributed by atoms with Gasteiger partial charge in [-0.25, -0.2) is 15.0 Å². The van der Waals surface area contributed by atoms with E-state index in [1.165, 1.54) is 34.3 Å². The number of carbonyl (C=O) groups excluding carboxylic acids is 1. The van der Waals surface area contributed by atoms with Crippen molar-refractivity contribution in [3.63, 3.8) is 0 Å². The lowest BCUT2D eigenvalue weighted by Crippen LogP contribution is -2.26. The van der Waals surface area contributed by atoms with Crippen LogP contribution < -0.4 is 10.9 Å². The highest BCUT2D eigenvalue weighted by atomic mass is 35.5. The molecule has 1 amide bonds. The van der Waals surface area contributed by atoms with E-state index in [9.17, 15) is 9.59 Å². The number of carbonyl (C=O) groups is 1. The van der Waals surface area contributed by atoms with Crippen molar-refractivity contribution in [3.05, 3.63) is 87.4 Å². The molecule has 0 spiro atoms. The molecule has 4 aromatic rings. The number of benzene rings is 2. The van der Waals surface area contributed by atoms with Gasteiger partial charge in [0.15, 0.2) is 16.3 Å². The van der Waals surface area contributed by atoms with Crippen molar-refractivity contribution in [3.8, 4) is 0 Å². The summed E-state index contributed by atoms with van der Waals surface area (Å²) >= 11 is 7.47. The summed E-state index contributed by atoms with van der Waals surface area (Å²) in [6, 6.07) is 15.0. The van der Waals surface area contributed by atoms with Gasteiger partial charge in [0.05, 0.1) is 12.3 Å².